The maximum Gasteiger partial charge on any atom is 0.281 e. The summed E-state index contributed by atoms with van der Waals surface area (Å²) in [5.41, 5.74) is 0.752. The van der Waals surface area contributed by atoms with E-state index in [2.05, 4.69) is 4.40 Å². The molecule has 0 aromatic heterocycles. The third-order valence-electron chi connectivity index (χ3n) is 3.32. The van der Waals surface area contributed by atoms with E-state index in [9.17, 15) is 13.5 Å². The zero-order valence-corrected chi connectivity index (χ0v) is 14.0. The van der Waals surface area contributed by atoms with Crippen molar-refractivity contribution in [2.24, 2.45) is 4.40 Å². The summed E-state index contributed by atoms with van der Waals surface area (Å²) in [5, 5.41) is 12.5. The summed E-state index contributed by atoms with van der Waals surface area (Å²) in [7, 11) is -4.13. The lowest BCUT2D eigenvalue weighted by atomic mass is 10.2. The largest absolute Gasteiger partial charge is 0.858 e. The van der Waals surface area contributed by atoms with Crippen molar-refractivity contribution in [3.8, 4) is 5.75 Å². The summed E-state index contributed by atoms with van der Waals surface area (Å²) in [6, 6.07) is 8.52. The number of nitrogens with zero attached hydrogens (tertiary/aromatic N) is 1. The number of fused-ring (bicyclic) bond motifs is 1. The molecule has 0 radical (unpaired) electrons. The Morgan fingerprint density at radius 1 is 1.17 bits per heavy atom. The summed E-state index contributed by atoms with van der Waals surface area (Å²) in [6.45, 7) is 0.509. The fourth-order valence-electron chi connectivity index (χ4n) is 2.20. The second kappa shape index (κ2) is 6.03. The van der Waals surface area contributed by atoms with E-state index in [0.29, 0.717) is 23.8 Å². The Morgan fingerprint density at radius 2 is 1.96 bits per heavy atom. The molecule has 2 aromatic rings. The highest BCUT2D eigenvalue weighted by atomic mass is 35.5. The van der Waals surface area contributed by atoms with Crippen molar-refractivity contribution in [3.05, 3.63) is 57.6 Å². The van der Waals surface area contributed by atoms with Crippen LogP contribution in [-0.4, -0.2) is 20.9 Å². The van der Waals surface area contributed by atoms with E-state index < -0.39 is 15.9 Å². The molecule has 0 N–H and O–H groups in total. The zero-order valence-electron chi connectivity index (χ0n) is 11.6. The van der Waals surface area contributed by atoms with Gasteiger partial charge in [0.2, 0.25) is 0 Å². The smallest absolute Gasteiger partial charge is 0.281 e. The second-order valence-corrected chi connectivity index (χ2v) is 7.31. The molecule has 0 saturated carbocycles. The summed E-state index contributed by atoms with van der Waals surface area (Å²) < 4.78 is 33.2. The number of benzene rings is 2. The zero-order chi connectivity index (χ0) is 16.6. The number of hydrogen-bond acceptors (Lipinski definition) is 4. The van der Waals surface area contributed by atoms with Gasteiger partial charge in [0.25, 0.3) is 10.0 Å². The summed E-state index contributed by atoms with van der Waals surface area (Å²) in [6.07, 6.45) is 0.621. The van der Waals surface area contributed by atoms with Crippen molar-refractivity contribution < 1.29 is 18.3 Å². The summed E-state index contributed by atoms with van der Waals surface area (Å²) in [5.74, 6) is -0.292. The van der Waals surface area contributed by atoms with E-state index in [4.69, 9.17) is 27.9 Å². The molecular weight excluding hydrogens is 361 g/mol. The van der Waals surface area contributed by atoms with Gasteiger partial charge in [-0.15, -0.1) is 0 Å². The fourth-order valence-corrected chi connectivity index (χ4v) is 3.64. The van der Waals surface area contributed by atoms with Crippen LogP contribution in [0.25, 0.3) is 0 Å². The molecule has 0 aliphatic carbocycles. The minimum atomic E-state index is -4.13. The standard InChI is InChI=1S/C15H11Cl2NO4S/c16-10-1-3-12(13(17)8-10)15(19)18-23(20,21)11-2-4-14-9(7-11)5-6-22-14/h1-4,7-8H,5-6H2,(H,18,19)/p-1. The van der Waals surface area contributed by atoms with Crippen LogP contribution in [0.1, 0.15) is 11.1 Å². The highest BCUT2D eigenvalue weighted by Crippen LogP contribution is 2.28. The van der Waals surface area contributed by atoms with Gasteiger partial charge in [0.1, 0.15) is 5.75 Å². The van der Waals surface area contributed by atoms with Gasteiger partial charge in [-0.1, -0.05) is 29.3 Å². The molecule has 1 aliphatic rings. The van der Waals surface area contributed by atoms with Crippen molar-refractivity contribution >= 4 is 39.1 Å². The van der Waals surface area contributed by atoms with E-state index in [0.717, 1.165) is 5.56 Å². The van der Waals surface area contributed by atoms with Crippen molar-refractivity contribution in [1.82, 2.24) is 0 Å². The van der Waals surface area contributed by atoms with Gasteiger partial charge in [-0.3, -0.25) is 0 Å². The monoisotopic (exact) mass is 370 g/mol. The van der Waals surface area contributed by atoms with Gasteiger partial charge in [-0.2, -0.15) is 12.8 Å². The number of ether oxygens (including phenoxy) is 1. The normalized spacial score (nSPS) is 14.4. The van der Waals surface area contributed by atoms with Crippen LogP contribution >= 0.6 is 23.2 Å². The topological polar surface area (TPSA) is 78.8 Å². The van der Waals surface area contributed by atoms with E-state index in [1.165, 1.54) is 30.3 Å². The van der Waals surface area contributed by atoms with E-state index in [1.54, 1.807) is 6.07 Å². The molecular formula is C15H10Cl2NO4S-. The van der Waals surface area contributed by atoms with E-state index in [1.807, 2.05) is 0 Å². The predicted molar refractivity (Wildman–Crippen MR) is 85.8 cm³/mol. The average molecular weight is 371 g/mol. The Balaban J connectivity index is 1.99. The van der Waals surface area contributed by atoms with Crippen LogP contribution in [0.15, 0.2) is 45.7 Å². The molecule has 0 atom stereocenters. The Hall–Kier alpha value is -1.76. The van der Waals surface area contributed by atoms with Gasteiger partial charge < -0.3 is 9.84 Å². The third-order valence-corrected chi connectivity index (χ3v) is 5.13. The Bertz CT molecular complexity index is 910. The van der Waals surface area contributed by atoms with Crippen LogP contribution in [0, 0.1) is 0 Å². The van der Waals surface area contributed by atoms with Crippen LogP contribution in [0.3, 0.4) is 0 Å². The second-order valence-electron chi connectivity index (χ2n) is 4.86. The van der Waals surface area contributed by atoms with Crippen LogP contribution < -0.4 is 9.84 Å². The Labute approximate surface area is 143 Å². The molecule has 120 valence electrons. The van der Waals surface area contributed by atoms with Crippen molar-refractivity contribution in [2.75, 3.05) is 6.61 Å². The fraction of sp³-hybridized carbons (Fsp3) is 0.133. The van der Waals surface area contributed by atoms with Crippen LogP contribution in [0.2, 0.25) is 10.0 Å². The van der Waals surface area contributed by atoms with E-state index >= 15 is 0 Å². The number of sulfonamides is 1. The summed E-state index contributed by atoms with van der Waals surface area (Å²) >= 11 is 11.6. The molecule has 2 aromatic carbocycles. The highest BCUT2D eigenvalue weighted by molar-refractivity contribution is 7.90. The van der Waals surface area contributed by atoms with Crippen LogP contribution in [0.5, 0.6) is 5.75 Å². The molecule has 1 aliphatic heterocycles. The molecule has 0 amide bonds. The minimum Gasteiger partial charge on any atom is -0.858 e. The Morgan fingerprint density at radius 3 is 2.70 bits per heavy atom. The quantitative estimate of drug-likeness (QED) is 0.613. The van der Waals surface area contributed by atoms with Gasteiger partial charge >= 0.3 is 0 Å². The molecule has 0 unspecified atom stereocenters. The van der Waals surface area contributed by atoms with Crippen molar-refractivity contribution in [3.63, 3.8) is 0 Å². The van der Waals surface area contributed by atoms with Gasteiger partial charge in [0, 0.05) is 22.9 Å². The van der Waals surface area contributed by atoms with E-state index in [-0.39, 0.29) is 15.5 Å². The molecule has 0 spiro atoms. The molecule has 3 rings (SSSR count). The molecule has 0 fully saturated rings. The van der Waals surface area contributed by atoms with Crippen LogP contribution in [0.4, 0.5) is 0 Å². The van der Waals surface area contributed by atoms with Crippen LogP contribution in [-0.2, 0) is 16.4 Å². The lowest BCUT2D eigenvalue weighted by Crippen LogP contribution is -2.21. The number of halogens is 2. The maximum absolute atomic E-state index is 12.3. The number of hydrogen-bond donors (Lipinski definition) is 0. The molecule has 5 nitrogen and oxygen atoms in total. The molecule has 0 bridgehead atoms. The van der Waals surface area contributed by atoms with Gasteiger partial charge in [-0.05, 0) is 35.9 Å². The molecule has 8 heteroatoms. The number of rotatable bonds is 3. The molecule has 1 heterocycles. The van der Waals surface area contributed by atoms with Gasteiger partial charge in [0.15, 0.2) is 0 Å². The lowest BCUT2D eigenvalue weighted by Gasteiger charge is -2.13. The molecule has 23 heavy (non-hydrogen) atoms. The van der Waals surface area contributed by atoms with Crippen molar-refractivity contribution in [1.29, 1.82) is 0 Å². The Kier molecular flexibility index (Phi) is 4.23. The first-order valence-corrected chi connectivity index (χ1v) is 8.79. The predicted octanol–water partition coefficient (Wildman–Crippen LogP) is 2.42. The lowest BCUT2D eigenvalue weighted by molar-refractivity contribution is -0.212. The maximum atomic E-state index is 12.3. The molecule has 0 saturated heterocycles. The minimum absolute atomic E-state index is 0.0239. The first-order chi connectivity index (χ1) is 10.9. The first-order valence-electron chi connectivity index (χ1n) is 6.60. The SMILES string of the molecule is O=S(=O)(N=C([O-])c1ccc(Cl)cc1Cl)c1ccc2c(c1)CCO2. The third kappa shape index (κ3) is 3.29. The highest BCUT2D eigenvalue weighted by Gasteiger charge is 2.18. The first kappa shape index (κ1) is 16.1. The summed E-state index contributed by atoms with van der Waals surface area (Å²) in [4.78, 5) is -0.0554. The van der Waals surface area contributed by atoms with Gasteiger partial charge in [-0.25, -0.2) is 0 Å². The van der Waals surface area contributed by atoms with Gasteiger partial charge in [0.05, 0.1) is 16.5 Å². The van der Waals surface area contributed by atoms with Crippen molar-refractivity contribution in [2.45, 2.75) is 11.3 Å². The average Bonchev–Trinajstić information content (AvgIpc) is 2.93.